The molecular weight excluding hydrogens is 345 g/mol. The zero-order valence-corrected chi connectivity index (χ0v) is 15.3. The van der Waals surface area contributed by atoms with Crippen molar-refractivity contribution in [3.63, 3.8) is 0 Å². The van der Waals surface area contributed by atoms with Crippen molar-refractivity contribution in [2.75, 3.05) is 5.73 Å². The van der Waals surface area contributed by atoms with Gasteiger partial charge in [-0.3, -0.25) is 4.57 Å². The summed E-state index contributed by atoms with van der Waals surface area (Å²) < 4.78 is 14.8. The number of nitrogens with two attached hydrogens (primary N) is 1. The van der Waals surface area contributed by atoms with Gasteiger partial charge in [0.25, 0.3) is 0 Å². The maximum Gasteiger partial charge on any atom is 0.374 e. The first kappa shape index (κ1) is 17.5. The fourth-order valence-electron chi connectivity index (χ4n) is 2.63. The van der Waals surface area contributed by atoms with Gasteiger partial charge in [-0.25, -0.2) is 19.9 Å². The van der Waals surface area contributed by atoms with Crippen LogP contribution in [0.25, 0.3) is 22.8 Å². The molecule has 4 N–H and O–H groups in total. The molecule has 0 saturated heterocycles. The highest BCUT2D eigenvalue weighted by atomic mass is 31.2. The van der Waals surface area contributed by atoms with Crippen LogP contribution in [0.1, 0.15) is 20.8 Å². The number of rotatable bonds is 3. The Bertz CT molecular complexity index is 996. The van der Waals surface area contributed by atoms with Crippen molar-refractivity contribution in [1.29, 1.82) is 0 Å². The van der Waals surface area contributed by atoms with Crippen LogP contribution in [0.5, 0.6) is 0 Å². The van der Waals surface area contributed by atoms with Crippen LogP contribution in [0.3, 0.4) is 0 Å². The average molecular weight is 365 g/mol. The van der Waals surface area contributed by atoms with Gasteiger partial charge in [0, 0.05) is 13.6 Å². The topological polar surface area (TPSA) is 145 Å². The normalized spacial score (nSPS) is 12.9. The summed E-state index contributed by atoms with van der Waals surface area (Å²) in [6, 6.07) is 0. The van der Waals surface area contributed by atoms with Crippen molar-refractivity contribution in [3.8, 4) is 11.6 Å². The molecule has 3 rings (SSSR count). The highest BCUT2D eigenvalue weighted by molar-refractivity contribution is 7.60. The molecule has 0 aliphatic heterocycles. The summed E-state index contributed by atoms with van der Waals surface area (Å²) in [6.07, 6.45) is 2.52. The zero-order chi connectivity index (χ0) is 18.6. The van der Waals surface area contributed by atoms with E-state index in [2.05, 4.69) is 40.7 Å². The molecule has 3 heterocycles. The molecule has 0 unspecified atom stereocenters. The van der Waals surface area contributed by atoms with Crippen LogP contribution in [0.2, 0.25) is 0 Å². The number of aromatic nitrogens is 6. The third-order valence-corrected chi connectivity index (χ3v) is 4.67. The van der Waals surface area contributed by atoms with E-state index in [-0.39, 0.29) is 16.7 Å². The second-order valence-corrected chi connectivity index (χ2v) is 8.60. The minimum absolute atomic E-state index is 0.0979. The minimum Gasteiger partial charge on any atom is -0.382 e. The fourth-order valence-corrected chi connectivity index (χ4v) is 3.32. The lowest BCUT2D eigenvalue weighted by atomic mass is 9.97. The number of imidazole rings is 2. The summed E-state index contributed by atoms with van der Waals surface area (Å²) in [6.45, 7) is 6.75. The maximum absolute atomic E-state index is 11.6. The van der Waals surface area contributed by atoms with Gasteiger partial charge in [0.2, 0.25) is 0 Å². The first-order valence-corrected chi connectivity index (χ1v) is 9.15. The molecule has 0 aromatic carbocycles. The maximum atomic E-state index is 11.6. The highest BCUT2D eigenvalue weighted by Crippen LogP contribution is 2.35. The number of hydrogen-bond acceptors (Lipinski definition) is 6. The molecule has 0 radical (unpaired) electrons. The molecule has 0 aliphatic carbocycles. The lowest BCUT2D eigenvalue weighted by Gasteiger charge is -2.20. The fraction of sp³-hybridized carbons (Fsp3) is 0.429. The van der Waals surface area contributed by atoms with E-state index < -0.39 is 7.60 Å². The molecular formula is C14H20N7O3P. The minimum atomic E-state index is -4.44. The van der Waals surface area contributed by atoms with E-state index in [1.54, 1.807) is 0 Å². The molecule has 0 fully saturated rings. The molecule has 0 atom stereocenters. The van der Waals surface area contributed by atoms with E-state index in [0.717, 1.165) is 6.20 Å². The molecule has 3 aromatic heterocycles. The van der Waals surface area contributed by atoms with Crippen LogP contribution in [0.4, 0.5) is 5.82 Å². The Labute approximate surface area is 143 Å². The summed E-state index contributed by atoms with van der Waals surface area (Å²) in [5.41, 5.74) is 6.62. The van der Waals surface area contributed by atoms with Gasteiger partial charge in [-0.1, -0.05) is 20.8 Å². The average Bonchev–Trinajstić information content (AvgIpc) is 2.99. The number of nitrogen functional groups attached to an aromatic ring is 1. The third-order valence-electron chi connectivity index (χ3n) is 3.65. The summed E-state index contributed by atoms with van der Waals surface area (Å²) >= 11 is 0. The summed E-state index contributed by atoms with van der Waals surface area (Å²) in [7, 11) is -2.91. The quantitative estimate of drug-likeness (QED) is 0.574. The second kappa shape index (κ2) is 5.62. The van der Waals surface area contributed by atoms with Gasteiger partial charge < -0.3 is 24.7 Å². The highest BCUT2D eigenvalue weighted by Gasteiger charge is 2.28. The Morgan fingerprint density at radius 2 is 1.88 bits per heavy atom. The standard InChI is InChI=1S/C14H20N7O3P/c1-14(2,3)6-21-11-9(10(15)17-7-18-11)19-13(21)12-16-5-8(20(12)4)25(22,23)24/h5,7H,6H2,1-4H3,(H2,15,17,18)(H2,22,23,24). The van der Waals surface area contributed by atoms with Crippen LogP contribution in [0, 0.1) is 5.41 Å². The van der Waals surface area contributed by atoms with Gasteiger partial charge in [-0.2, -0.15) is 0 Å². The van der Waals surface area contributed by atoms with E-state index in [0.29, 0.717) is 29.4 Å². The Kier molecular flexibility index (Phi) is 3.94. The summed E-state index contributed by atoms with van der Waals surface area (Å²) in [4.78, 5) is 35.8. The van der Waals surface area contributed by atoms with Crippen molar-refractivity contribution >= 4 is 30.0 Å². The van der Waals surface area contributed by atoms with Gasteiger partial charge in [-0.15, -0.1) is 0 Å². The van der Waals surface area contributed by atoms with Gasteiger partial charge in [-0.05, 0) is 5.41 Å². The smallest absolute Gasteiger partial charge is 0.374 e. The number of anilines is 1. The van der Waals surface area contributed by atoms with Gasteiger partial charge in [0.1, 0.15) is 6.33 Å². The van der Waals surface area contributed by atoms with E-state index in [1.807, 2.05) is 4.57 Å². The molecule has 11 heteroatoms. The molecule has 134 valence electrons. The van der Waals surface area contributed by atoms with Crippen molar-refractivity contribution in [1.82, 2.24) is 29.1 Å². The number of nitrogens with zero attached hydrogens (tertiary/aromatic N) is 6. The Morgan fingerprint density at radius 3 is 2.44 bits per heavy atom. The molecule has 0 bridgehead atoms. The Morgan fingerprint density at radius 1 is 1.20 bits per heavy atom. The molecule has 25 heavy (non-hydrogen) atoms. The predicted octanol–water partition coefficient (Wildman–Crippen LogP) is 0.658. The van der Waals surface area contributed by atoms with Crippen molar-refractivity contribution in [2.24, 2.45) is 12.5 Å². The molecule has 0 saturated carbocycles. The zero-order valence-electron chi connectivity index (χ0n) is 14.4. The van der Waals surface area contributed by atoms with E-state index in [4.69, 9.17) is 5.73 Å². The van der Waals surface area contributed by atoms with E-state index >= 15 is 0 Å². The lowest BCUT2D eigenvalue weighted by Crippen LogP contribution is -2.19. The van der Waals surface area contributed by atoms with Crippen LogP contribution >= 0.6 is 7.60 Å². The van der Waals surface area contributed by atoms with E-state index in [1.165, 1.54) is 17.9 Å². The van der Waals surface area contributed by atoms with E-state index in [9.17, 15) is 14.4 Å². The number of fused-ring (bicyclic) bond motifs is 1. The molecule has 0 spiro atoms. The molecule has 3 aromatic rings. The van der Waals surface area contributed by atoms with Crippen LogP contribution in [0.15, 0.2) is 12.5 Å². The molecule has 0 aliphatic rings. The molecule has 0 amide bonds. The monoisotopic (exact) mass is 365 g/mol. The number of hydrogen-bond donors (Lipinski definition) is 3. The third kappa shape index (κ3) is 3.15. The van der Waals surface area contributed by atoms with Crippen molar-refractivity contribution in [2.45, 2.75) is 27.3 Å². The van der Waals surface area contributed by atoms with Gasteiger partial charge >= 0.3 is 7.60 Å². The Hall–Kier alpha value is -2.29. The largest absolute Gasteiger partial charge is 0.382 e. The summed E-state index contributed by atoms with van der Waals surface area (Å²) in [5.74, 6) is 0.989. The predicted molar refractivity (Wildman–Crippen MR) is 93.1 cm³/mol. The van der Waals surface area contributed by atoms with Crippen LogP contribution in [-0.2, 0) is 18.2 Å². The lowest BCUT2D eigenvalue weighted by molar-refractivity contribution is 0.349. The van der Waals surface area contributed by atoms with Gasteiger partial charge in [0.15, 0.2) is 34.1 Å². The molecule has 10 nitrogen and oxygen atoms in total. The Balaban J connectivity index is 2.30. The SMILES string of the molecule is Cn1c(P(=O)(O)O)cnc1-c1nc2c(N)ncnc2n1CC(C)(C)C. The van der Waals surface area contributed by atoms with Crippen molar-refractivity contribution in [3.05, 3.63) is 12.5 Å². The van der Waals surface area contributed by atoms with Crippen LogP contribution in [-0.4, -0.2) is 38.9 Å². The second-order valence-electron chi connectivity index (χ2n) is 7.06. The van der Waals surface area contributed by atoms with Crippen molar-refractivity contribution < 1.29 is 14.4 Å². The van der Waals surface area contributed by atoms with Crippen LogP contribution < -0.4 is 11.2 Å². The summed E-state index contributed by atoms with van der Waals surface area (Å²) in [5, 5.41) is 0. The first-order chi connectivity index (χ1) is 11.5. The first-order valence-electron chi connectivity index (χ1n) is 7.54. The van der Waals surface area contributed by atoms with Gasteiger partial charge in [0.05, 0.1) is 6.20 Å².